The van der Waals surface area contributed by atoms with Crippen molar-refractivity contribution in [2.45, 2.75) is 58.8 Å². The smallest absolute Gasteiger partial charge is 0.419 e. The number of aliphatic hydroxyl groups excluding tert-OH is 1. The fraction of sp³-hybridized carbons (Fsp3) is 0.846. The van der Waals surface area contributed by atoms with Gasteiger partial charge in [-0.1, -0.05) is 0 Å². The van der Waals surface area contributed by atoms with Gasteiger partial charge in [0.05, 0.1) is 12.6 Å². The summed E-state index contributed by atoms with van der Waals surface area (Å²) >= 11 is 0. The summed E-state index contributed by atoms with van der Waals surface area (Å²) in [6.45, 7) is 9.71. The number of amides is 2. The first kappa shape index (κ1) is 18.7. The predicted molar refractivity (Wildman–Crippen MR) is 74.2 cm³/mol. The molecule has 0 aliphatic carbocycles. The van der Waals surface area contributed by atoms with Crippen LogP contribution in [-0.4, -0.2) is 52.6 Å². The minimum absolute atomic E-state index is 0.0813. The van der Waals surface area contributed by atoms with E-state index in [0.29, 0.717) is 4.90 Å². The summed E-state index contributed by atoms with van der Waals surface area (Å²) in [5.41, 5.74) is 3.78. The van der Waals surface area contributed by atoms with Gasteiger partial charge in [0.2, 0.25) is 0 Å². The summed E-state index contributed by atoms with van der Waals surface area (Å²) in [7, 11) is 0. The Bertz CT molecular complexity index is 316. The Morgan fingerprint density at radius 2 is 1.40 bits per heavy atom. The second kappa shape index (κ2) is 6.90. The molecule has 118 valence electrons. The number of ether oxygens (including phenoxy) is 2. The molecule has 0 fully saturated rings. The Hall–Kier alpha value is -1.34. The molecule has 0 aliphatic heterocycles. The Balaban J connectivity index is 4.98. The quantitative estimate of drug-likeness (QED) is 0.816. The summed E-state index contributed by atoms with van der Waals surface area (Å²) < 4.78 is 10.2. The monoisotopic (exact) mass is 290 g/mol. The maximum absolute atomic E-state index is 12.0. The number of rotatable bonds is 3. The molecule has 0 radical (unpaired) electrons. The zero-order chi connectivity index (χ0) is 16.1. The second-order valence-electron chi connectivity index (χ2n) is 6.46. The molecular formula is C13H26N2O5. The molecule has 0 bridgehead atoms. The summed E-state index contributed by atoms with van der Waals surface area (Å²) in [4.78, 5) is 24.7. The van der Waals surface area contributed by atoms with Crippen molar-refractivity contribution in [1.82, 2.24) is 4.90 Å². The zero-order valence-electron chi connectivity index (χ0n) is 13.1. The molecule has 1 atom stereocenters. The molecule has 3 N–H and O–H groups in total. The molecule has 7 heteroatoms. The lowest BCUT2D eigenvalue weighted by molar-refractivity contribution is -0.00683. The van der Waals surface area contributed by atoms with Crippen LogP contribution in [0.5, 0.6) is 0 Å². The molecule has 0 spiro atoms. The molecule has 0 aromatic rings. The number of hydrogen-bond donors (Lipinski definition) is 2. The molecule has 0 saturated heterocycles. The van der Waals surface area contributed by atoms with Crippen molar-refractivity contribution < 1.29 is 24.2 Å². The molecule has 0 aliphatic rings. The molecule has 1 unspecified atom stereocenters. The molecule has 0 rings (SSSR count). The van der Waals surface area contributed by atoms with Crippen LogP contribution in [0.4, 0.5) is 9.59 Å². The Morgan fingerprint density at radius 3 is 1.65 bits per heavy atom. The number of nitrogens with two attached hydrogens (primary N) is 1. The van der Waals surface area contributed by atoms with E-state index in [1.54, 1.807) is 41.5 Å². The van der Waals surface area contributed by atoms with Gasteiger partial charge in [-0.05, 0) is 41.5 Å². The normalized spacial score (nSPS) is 13.6. The number of aliphatic hydroxyl groups is 1. The van der Waals surface area contributed by atoms with Gasteiger partial charge in [-0.15, -0.1) is 0 Å². The largest absolute Gasteiger partial charge is 0.443 e. The number of imide groups is 1. The van der Waals surface area contributed by atoms with Crippen molar-refractivity contribution in [3.8, 4) is 0 Å². The SMILES string of the molecule is CC(C)(C)OC(=O)N(CC(O)CN)C(=O)OC(C)(C)C. The van der Waals surface area contributed by atoms with Gasteiger partial charge in [-0.25, -0.2) is 14.5 Å². The number of nitrogens with zero attached hydrogens (tertiary/aromatic N) is 1. The fourth-order valence-electron chi connectivity index (χ4n) is 1.14. The summed E-state index contributed by atoms with van der Waals surface area (Å²) in [5, 5.41) is 9.54. The lowest BCUT2D eigenvalue weighted by Crippen LogP contribution is -2.48. The highest BCUT2D eigenvalue weighted by Crippen LogP contribution is 2.14. The van der Waals surface area contributed by atoms with E-state index < -0.39 is 29.5 Å². The van der Waals surface area contributed by atoms with Crippen LogP contribution in [0.25, 0.3) is 0 Å². The van der Waals surface area contributed by atoms with Gasteiger partial charge in [0, 0.05) is 6.54 Å². The minimum Gasteiger partial charge on any atom is -0.443 e. The van der Waals surface area contributed by atoms with E-state index in [9.17, 15) is 14.7 Å². The van der Waals surface area contributed by atoms with E-state index in [1.807, 2.05) is 0 Å². The van der Waals surface area contributed by atoms with E-state index in [0.717, 1.165) is 0 Å². The Kier molecular flexibility index (Phi) is 6.43. The van der Waals surface area contributed by atoms with Crippen molar-refractivity contribution in [1.29, 1.82) is 0 Å². The molecule has 20 heavy (non-hydrogen) atoms. The first-order chi connectivity index (χ1) is 8.85. The van der Waals surface area contributed by atoms with Gasteiger partial charge in [0.15, 0.2) is 0 Å². The maximum atomic E-state index is 12.0. The topological polar surface area (TPSA) is 102 Å². The van der Waals surface area contributed by atoms with Crippen LogP contribution in [0, 0.1) is 0 Å². The summed E-state index contributed by atoms with van der Waals surface area (Å²) in [6.07, 6.45) is -2.78. The van der Waals surface area contributed by atoms with E-state index in [4.69, 9.17) is 15.2 Å². The molecule has 0 saturated carbocycles. The van der Waals surface area contributed by atoms with Gasteiger partial charge < -0.3 is 20.3 Å². The van der Waals surface area contributed by atoms with E-state index >= 15 is 0 Å². The highest BCUT2D eigenvalue weighted by atomic mass is 16.6. The highest BCUT2D eigenvalue weighted by molar-refractivity contribution is 5.88. The molecule has 0 aromatic carbocycles. The average molecular weight is 290 g/mol. The second-order valence-corrected chi connectivity index (χ2v) is 6.46. The van der Waals surface area contributed by atoms with E-state index in [1.165, 1.54) is 0 Å². The van der Waals surface area contributed by atoms with Crippen LogP contribution < -0.4 is 5.73 Å². The zero-order valence-corrected chi connectivity index (χ0v) is 13.1. The predicted octanol–water partition coefficient (Wildman–Crippen LogP) is 1.48. The van der Waals surface area contributed by atoms with Crippen molar-refractivity contribution >= 4 is 12.2 Å². The molecule has 0 aromatic heterocycles. The van der Waals surface area contributed by atoms with Crippen LogP contribution in [0.1, 0.15) is 41.5 Å². The molecule has 2 amide bonds. The van der Waals surface area contributed by atoms with Gasteiger partial charge in [0.25, 0.3) is 0 Å². The third-order valence-electron chi connectivity index (χ3n) is 1.89. The van der Waals surface area contributed by atoms with Crippen molar-refractivity contribution in [2.24, 2.45) is 5.73 Å². The van der Waals surface area contributed by atoms with Crippen molar-refractivity contribution in [3.05, 3.63) is 0 Å². The van der Waals surface area contributed by atoms with Crippen LogP contribution in [0.3, 0.4) is 0 Å². The lowest BCUT2D eigenvalue weighted by atomic mass is 10.2. The number of hydrogen-bond acceptors (Lipinski definition) is 6. The van der Waals surface area contributed by atoms with Crippen molar-refractivity contribution in [2.75, 3.05) is 13.1 Å². The Morgan fingerprint density at radius 1 is 1.05 bits per heavy atom. The lowest BCUT2D eigenvalue weighted by Gasteiger charge is -2.29. The molecular weight excluding hydrogens is 264 g/mol. The third kappa shape index (κ3) is 7.96. The molecule has 0 heterocycles. The molecule has 7 nitrogen and oxygen atoms in total. The van der Waals surface area contributed by atoms with Crippen LogP contribution in [0.2, 0.25) is 0 Å². The number of carbonyl (C=O) groups excluding carboxylic acids is 2. The first-order valence-corrected chi connectivity index (χ1v) is 6.47. The minimum atomic E-state index is -1.03. The third-order valence-corrected chi connectivity index (χ3v) is 1.89. The number of carbonyl (C=O) groups is 2. The van der Waals surface area contributed by atoms with E-state index in [-0.39, 0.29) is 13.1 Å². The van der Waals surface area contributed by atoms with Crippen LogP contribution in [0.15, 0.2) is 0 Å². The highest BCUT2D eigenvalue weighted by Gasteiger charge is 2.32. The van der Waals surface area contributed by atoms with Gasteiger partial charge in [-0.3, -0.25) is 0 Å². The standard InChI is InChI=1S/C13H26N2O5/c1-12(2,3)19-10(17)15(8-9(16)7-14)11(18)20-13(4,5)6/h9,16H,7-8,14H2,1-6H3. The summed E-state index contributed by atoms with van der Waals surface area (Å²) in [5.74, 6) is 0. The van der Waals surface area contributed by atoms with Gasteiger partial charge in [0.1, 0.15) is 11.2 Å². The van der Waals surface area contributed by atoms with E-state index in [2.05, 4.69) is 0 Å². The summed E-state index contributed by atoms with van der Waals surface area (Å²) in [6, 6.07) is 0. The first-order valence-electron chi connectivity index (χ1n) is 6.47. The van der Waals surface area contributed by atoms with Crippen molar-refractivity contribution in [3.63, 3.8) is 0 Å². The maximum Gasteiger partial charge on any atom is 0.419 e. The Labute approximate surface area is 120 Å². The fourth-order valence-corrected chi connectivity index (χ4v) is 1.14. The van der Waals surface area contributed by atoms with Crippen LogP contribution in [-0.2, 0) is 9.47 Å². The van der Waals surface area contributed by atoms with Gasteiger partial charge in [-0.2, -0.15) is 0 Å². The van der Waals surface area contributed by atoms with Gasteiger partial charge >= 0.3 is 12.2 Å². The average Bonchev–Trinajstić information content (AvgIpc) is 2.19. The van der Waals surface area contributed by atoms with Crippen LogP contribution >= 0.6 is 0 Å².